The van der Waals surface area contributed by atoms with Gasteiger partial charge in [0.25, 0.3) is 0 Å². The molecule has 5 aromatic rings. The Morgan fingerprint density at radius 3 is 2.37 bits per heavy atom. The Labute approximate surface area is 159 Å². The van der Waals surface area contributed by atoms with Crippen LogP contribution in [0.25, 0.3) is 38.8 Å². The quantitative estimate of drug-likeness (QED) is 0.378. The van der Waals surface area contributed by atoms with Gasteiger partial charge in [0.2, 0.25) is 0 Å². The minimum Gasteiger partial charge on any atom is -0.254 e. The van der Waals surface area contributed by atoms with Crippen LogP contribution in [0.2, 0.25) is 5.02 Å². The van der Waals surface area contributed by atoms with E-state index in [1.54, 1.807) is 18.3 Å². The smallest absolute Gasteiger partial charge is 0.123 e. The molecule has 27 heavy (non-hydrogen) atoms. The molecular weight excluding hydrogens is 361 g/mol. The van der Waals surface area contributed by atoms with Gasteiger partial charge in [-0.05, 0) is 42.5 Å². The maximum Gasteiger partial charge on any atom is 0.123 e. The summed E-state index contributed by atoms with van der Waals surface area (Å²) in [6, 6.07) is 22.0. The maximum atomic E-state index is 13.4. The first-order valence-electron chi connectivity index (χ1n) is 8.50. The molecule has 0 fully saturated rings. The third-order valence-corrected chi connectivity index (χ3v) is 4.91. The van der Waals surface area contributed by atoms with Crippen LogP contribution >= 0.6 is 11.6 Å². The van der Waals surface area contributed by atoms with Gasteiger partial charge in [-0.15, -0.1) is 0 Å². The van der Waals surface area contributed by atoms with Gasteiger partial charge in [0.05, 0.1) is 21.7 Å². The van der Waals surface area contributed by atoms with Crippen LogP contribution in [0, 0.1) is 5.82 Å². The topological polar surface area (TPSA) is 30.7 Å². The summed E-state index contributed by atoms with van der Waals surface area (Å²) in [4.78, 5) is 4.56. The zero-order valence-corrected chi connectivity index (χ0v) is 14.9. The lowest BCUT2D eigenvalue weighted by Crippen LogP contribution is -1.97. The number of nitrogens with zero attached hydrogens (tertiary/aromatic N) is 3. The van der Waals surface area contributed by atoms with Gasteiger partial charge in [-0.3, -0.25) is 4.98 Å². The van der Waals surface area contributed by atoms with Crippen LogP contribution in [0.5, 0.6) is 0 Å². The summed E-state index contributed by atoms with van der Waals surface area (Å²) in [5.41, 5.74) is 4.17. The van der Waals surface area contributed by atoms with E-state index in [2.05, 4.69) is 4.98 Å². The second kappa shape index (κ2) is 6.18. The second-order valence-electron chi connectivity index (χ2n) is 6.26. The fourth-order valence-electron chi connectivity index (χ4n) is 3.36. The van der Waals surface area contributed by atoms with Crippen LogP contribution < -0.4 is 0 Å². The minimum atomic E-state index is -0.277. The van der Waals surface area contributed by atoms with E-state index in [-0.39, 0.29) is 5.82 Å². The first kappa shape index (κ1) is 16.0. The summed E-state index contributed by atoms with van der Waals surface area (Å²) in [5.74, 6) is -0.277. The Bertz CT molecular complexity index is 1280. The molecule has 5 rings (SSSR count). The highest BCUT2D eigenvalue weighted by Gasteiger charge is 2.17. The number of hydrogen-bond acceptors (Lipinski definition) is 2. The monoisotopic (exact) mass is 373 g/mol. The predicted molar refractivity (Wildman–Crippen MR) is 107 cm³/mol. The van der Waals surface area contributed by atoms with Crippen molar-refractivity contribution in [3.63, 3.8) is 0 Å². The average Bonchev–Trinajstić information content (AvgIpc) is 3.10. The number of pyridine rings is 1. The van der Waals surface area contributed by atoms with Crippen molar-refractivity contribution in [1.82, 2.24) is 14.8 Å². The molecule has 3 nitrogen and oxygen atoms in total. The van der Waals surface area contributed by atoms with Gasteiger partial charge < -0.3 is 0 Å². The molecule has 0 radical (unpaired) electrons. The third kappa shape index (κ3) is 2.57. The molecule has 0 N–H and O–H groups in total. The van der Waals surface area contributed by atoms with Crippen molar-refractivity contribution < 1.29 is 4.39 Å². The van der Waals surface area contributed by atoms with E-state index in [1.165, 1.54) is 12.1 Å². The van der Waals surface area contributed by atoms with Crippen molar-refractivity contribution in [3.8, 4) is 16.9 Å². The van der Waals surface area contributed by atoms with Gasteiger partial charge in [0.15, 0.2) is 0 Å². The standard InChI is InChI=1S/C22H13ClFN3/c23-19-8-4-7-17-21(19)25-13-18-20(14-9-11-15(24)12-10-14)26-27(22(17)18)16-5-2-1-3-6-16/h1-13H. The maximum absolute atomic E-state index is 13.4. The predicted octanol–water partition coefficient (Wildman–Crippen LogP) is 6.03. The molecular formula is C22H13ClFN3. The summed E-state index contributed by atoms with van der Waals surface area (Å²) in [5, 5.41) is 7.26. The molecule has 0 unspecified atom stereocenters. The van der Waals surface area contributed by atoms with Crippen LogP contribution in [0.1, 0.15) is 0 Å². The lowest BCUT2D eigenvalue weighted by atomic mass is 10.1. The van der Waals surface area contributed by atoms with E-state index < -0.39 is 0 Å². The molecule has 0 aliphatic heterocycles. The van der Waals surface area contributed by atoms with Crippen LogP contribution in [0.3, 0.4) is 0 Å². The Kier molecular flexibility index (Phi) is 3.66. The number of rotatable bonds is 2. The second-order valence-corrected chi connectivity index (χ2v) is 6.67. The van der Waals surface area contributed by atoms with Crippen molar-refractivity contribution in [2.45, 2.75) is 0 Å². The lowest BCUT2D eigenvalue weighted by molar-refractivity contribution is 0.628. The summed E-state index contributed by atoms with van der Waals surface area (Å²) in [7, 11) is 0. The number of para-hydroxylation sites is 2. The Morgan fingerprint density at radius 1 is 0.815 bits per heavy atom. The lowest BCUT2D eigenvalue weighted by Gasteiger charge is -2.06. The van der Waals surface area contributed by atoms with E-state index in [0.29, 0.717) is 5.02 Å². The molecule has 0 saturated carbocycles. The number of aromatic nitrogens is 3. The molecule has 0 aliphatic rings. The summed E-state index contributed by atoms with van der Waals surface area (Å²) in [6.45, 7) is 0. The first-order chi connectivity index (χ1) is 13.2. The first-order valence-corrected chi connectivity index (χ1v) is 8.87. The largest absolute Gasteiger partial charge is 0.254 e. The van der Waals surface area contributed by atoms with Crippen molar-refractivity contribution in [2.24, 2.45) is 0 Å². The normalized spacial score (nSPS) is 11.3. The van der Waals surface area contributed by atoms with E-state index in [9.17, 15) is 4.39 Å². The van der Waals surface area contributed by atoms with Crippen molar-refractivity contribution in [1.29, 1.82) is 0 Å². The number of benzene rings is 3. The fraction of sp³-hybridized carbons (Fsp3) is 0. The molecule has 0 atom stereocenters. The fourth-order valence-corrected chi connectivity index (χ4v) is 3.58. The number of hydrogen-bond donors (Lipinski definition) is 0. The average molecular weight is 374 g/mol. The van der Waals surface area contributed by atoms with E-state index in [0.717, 1.165) is 38.8 Å². The zero-order chi connectivity index (χ0) is 18.4. The van der Waals surface area contributed by atoms with Crippen molar-refractivity contribution >= 4 is 33.4 Å². The van der Waals surface area contributed by atoms with Gasteiger partial charge in [-0.1, -0.05) is 41.9 Å². The number of halogens is 2. The summed E-state index contributed by atoms with van der Waals surface area (Å²) >= 11 is 6.36. The molecule has 0 amide bonds. The highest BCUT2D eigenvalue weighted by molar-refractivity contribution is 6.35. The third-order valence-electron chi connectivity index (χ3n) is 4.61. The van der Waals surface area contributed by atoms with Crippen molar-refractivity contribution in [2.75, 3.05) is 0 Å². The van der Waals surface area contributed by atoms with Gasteiger partial charge in [0.1, 0.15) is 11.5 Å². The molecule has 3 aromatic carbocycles. The molecule has 130 valence electrons. The summed E-state index contributed by atoms with van der Waals surface area (Å²) < 4.78 is 15.3. The van der Waals surface area contributed by atoms with Gasteiger partial charge >= 0.3 is 0 Å². The Balaban J connectivity index is 1.92. The molecule has 0 bridgehead atoms. The van der Waals surface area contributed by atoms with Crippen LogP contribution in [-0.4, -0.2) is 14.8 Å². The Hall–Kier alpha value is -3.24. The molecule has 0 spiro atoms. The molecule has 0 aliphatic carbocycles. The molecule has 5 heteroatoms. The van der Waals surface area contributed by atoms with Crippen LogP contribution in [0.4, 0.5) is 4.39 Å². The molecule has 2 heterocycles. The highest BCUT2D eigenvalue weighted by Crippen LogP contribution is 2.35. The molecule has 0 saturated heterocycles. The van der Waals surface area contributed by atoms with E-state index in [1.807, 2.05) is 53.2 Å². The SMILES string of the molecule is Fc1ccc(-c2nn(-c3ccccc3)c3c2cnc2c(Cl)cccc23)cc1. The Morgan fingerprint density at radius 2 is 1.59 bits per heavy atom. The van der Waals surface area contributed by atoms with Gasteiger partial charge in [-0.25, -0.2) is 9.07 Å². The van der Waals surface area contributed by atoms with Crippen LogP contribution in [0.15, 0.2) is 79.0 Å². The zero-order valence-electron chi connectivity index (χ0n) is 14.1. The van der Waals surface area contributed by atoms with E-state index >= 15 is 0 Å². The van der Waals surface area contributed by atoms with Crippen LogP contribution in [-0.2, 0) is 0 Å². The minimum absolute atomic E-state index is 0.277. The molecule has 2 aromatic heterocycles. The summed E-state index contributed by atoms with van der Waals surface area (Å²) in [6.07, 6.45) is 1.79. The van der Waals surface area contributed by atoms with Crippen molar-refractivity contribution in [3.05, 3.63) is 89.8 Å². The van der Waals surface area contributed by atoms with Gasteiger partial charge in [0, 0.05) is 22.5 Å². The van der Waals surface area contributed by atoms with Gasteiger partial charge in [-0.2, -0.15) is 5.10 Å². The number of fused-ring (bicyclic) bond motifs is 3. The highest BCUT2D eigenvalue weighted by atomic mass is 35.5. The van der Waals surface area contributed by atoms with E-state index in [4.69, 9.17) is 16.7 Å².